The number of hydrogen-bond acceptors (Lipinski definition) is 4. The fourth-order valence-corrected chi connectivity index (χ4v) is 2.49. The zero-order valence-corrected chi connectivity index (χ0v) is 11.1. The summed E-state index contributed by atoms with van der Waals surface area (Å²) in [5.41, 5.74) is 3.84. The average Bonchev–Trinajstić information content (AvgIpc) is 2.92. The molecule has 0 aliphatic carbocycles. The summed E-state index contributed by atoms with van der Waals surface area (Å²) >= 11 is 0. The summed E-state index contributed by atoms with van der Waals surface area (Å²) in [6.45, 7) is 2.69. The van der Waals surface area contributed by atoms with Gasteiger partial charge in [0.15, 0.2) is 11.7 Å². The van der Waals surface area contributed by atoms with Crippen molar-refractivity contribution in [3.8, 4) is 5.75 Å². The van der Waals surface area contributed by atoms with Crippen molar-refractivity contribution in [1.29, 1.82) is 0 Å². The lowest BCUT2D eigenvalue weighted by Gasteiger charge is -2.25. The Morgan fingerprint density at radius 3 is 2.95 bits per heavy atom. The maximum Gasteiger partial charge on any atom is 0.238 e. The molecule has 20 heavy (non-hydrogen) atoms. The Morgan fingerprint density at radius 1 is 1.15 bits per heavy atom. The van der Waals surface area contributed by atoms with Gasteiger partial charge < -0.3 is 14.5 Å². The molecule has 1 unspecified atom stereocenters. The van der Waals surface area contributed by atoms with Crippen LogP contribution in [0.1, 0.15) is 17.6 Å². The Morgan fingerprint density at radius 2 is 2.05 bits per heavy atom. The summed E-state index contributed by atoms with van der Waals surface area (Å²) in [7, 11) is 0. The molecular weight excluding hydrogens is 252 g/mol. The van der Waals surface area contributed by atoms with E-state index >= 15 is 0 Å². The molecule has 0 radical (unpaired) electrons. The van der Waals surface area contributed by atoms with Crippen LogP contribution < -0.4 is 10.1 Å². The molecule has 2 heterocycles. The topological polar surface area (TPSA) is 47.3 Å². The first kappa shape index (κ1) is 11.3. The van der Waals surface area contributed by atoms with Crippen molar-refractivity contribution >= 4 is 16.8 Å². The first-order chi connectivity index (χ1) is 9.81. The first-order valence-corrected chi connectivity index (χ1v) is 6.67. The molecule has 2 aromatic carbocycles. The van der Waals surface area contributed by atoms with Gasteiger partial charge in [-0.05, 0) is 30.7 Å². The van der Waals surface area contributed by atoms with Gasteiger partial charge in [-0.2, -0.15) is 0 Å². The minimum Gasteiger partial charge on any atom is -0.477 e. The van der Waals surface area contributed by atoms with E-state index in [9.17, 15) is 0 Å². The van der Waals surface area contributed by atoms with Gasteiger partial charge in [-0.15, -0.1) is 0 Å². The third kappa shape index (κ3) is 1.72. The minimum absolute atomic E-state index is 0.198. The molecule has 1 aromatic heterocycles. The van der Waals surface area contributed by atoms with Crippen molar-refractivity contribution in [2.75, 3.05) is 11.9 Å². The van der Waals surface area contributed by atoms with Crippen LogP contribution in [-0.4, -0.2) is 11.5 Å². The van der Waals surface area contributed by atoms with Crippen molar-refractivity contribution in [1.82, 2.24) is 4.98 Å². The fraction of sp³-hybridized carbons (Fsp3) is 0.188. The predicted molar refractivity (Wildman–Crippen MR) is 77.0 cm³/mol. The molecule has 3 aromatic rings. The normalized spacial score (nSPS) is 17.4. The van der Waals surface area contributed by atoms with Gasteiger partial charge in [0.25, 0.3) is 0 Å². The van der Waals surface area contributed by atoms with Gasteiger partial charge in [0, 0.05) is 0 Å². The first-order valence-electron chi connectivity index (χ1n) is 6.67. The molecule has 1 aliphatic heterocycles. The van der Waals surface area contributed by atoms with E-state index in [-0.39, 0.29) is 6.10 Å². The third-order valence-electron chi connectivity index (χ3n) is 3.55. The molecule has 4 nitrogen and oxygen atoms in total. The Bertz CT molecular complexity index is 779. The lowest BCUT2D eigenvalue weighted by atomic mass is 10.2. The molecule has 0 amide bonds. The van der Waals surface area contributed by atoms with Gasteiger partial charge in [-0.1, -0.05) is 24.3 Å². The summed E-state index contributed by atoms with van der Waals surface area (Å²) < 4.78 is 11.8. The Balaban J connectivity index is 1.72. The molecule has 0 saturated carbocycles. The highest BCUT2D eigenvalue weighted by Gasteiger charge is 2.25. The lowest BCUT2D eigenvalue weighted by Crippen LogP contribution is -2.23. The van der Waals surface area contributed by atoms with Crippen LogP contribution in [-0.2, 0) is 0 Å². The molecule has 1 N–H and O–H groups in total. The second-order valence-electron chi connectivity index (χ2n) is 4.96. The molecule has 0 saturated heterocycles. The van der Waals surface area contributed by atoms with E-state index in [2.05, 4.69) is 10.3 Å². The smallest absolute Gasteiger partial charge is 0.238 e. The molecule has 100 valence electrons. The van der Waals surface area contributed by atoms with E-state index in [0.29, 0.717) is 12.4 Å². The molecular formula is C16H14N2O2. The van der Waals surface area contributed by atoms with Crippen LogP contribution in [0.4, 0.5) is 5.69 Å². The van der Waals surface area contributed by atoms with Crippen molar-refractivity contribution in [3.05, 3.63) is 53.9 Å². The molecule has 4 heteroatoms. The maximum atomic E-state index is 5.97. The molecule has 0 bridgehead atoms. The van der Waals surface area contributed by atoms with Crippen molar-refractivity contribution in [2.24, 2.45) is 0 Å². The van der Waals surface area contributed by atoms with Gasteiger partial charge in [-0.3, -0.25) is 0 Å². The Labute approximate surface area is 116 Å². The van der Waals surface area contributed by atoms with Gasteiger partial charge in [-0.25, -0.2) is 4.98 Å². The highest BCUT2D eigenvalue weighted by molar-refractivity contribution is 5.76. The van der Waals surface area contributed by atoms with Crippen molar-refractivity contribution < 1.29 is 9.15 Å². The van der Waals surface area contributed by atoms with E-state index in [4.69, 9.17) is 9.15 Å². The van der Waals surface area contributed by atoms with E-state index in [1.165, 1.54) is 0 Å². The number of nitrogens with zero attached hydrogens (tertiary/aromatic N) is 1. The summed E-state index contributed by atoms with van der Waals surface area (Å²) in [6, 6.07) is 13.8. The number of rotatable bonds is 1. The Kier molecular flexibility index (Phi) is 2.42. The van der Waals surface area contributed by atoms with Crippen molar-refractivity contribution in [3.63, 3.8) is 0 Å². The molecule has 0 spiro atoms. The van der Waals surface area contributed by atoms with Crippen LogP contribution in [0, 0.1) is 6.92 Å². The van der Waals surface area contributed by atoms with Crippen LogP contribution in [0.2, 0.25) is 0 Å². The SMILES string of the molecule is Cc1cccc2oc(C3CNc4ccccc4O3)nc12. The maximum absolute atomic E-state index is 5.97. The Hall–Kier alpha value is -2.49. The van der Waals surface area contributed by atoms with Gasteiger partial charge >= 0.3 is 0 Å². The number of oxazole rings is 1. The number of hydrogen-bond donors (Lipinski definition) is 1. The fourth-order valence-electron chi connectivity index (χ4n) is 2.49. The highest BCUT2D eigenvalue weighted by Crippen LogP contribution is 2.34. The lowest BCUT2D eigenvalue weighted by molar-refractivity contribution is 0.177. The summed E-state index contributed by atoms with van der Waals surface area (Å²) in [5, 5.41) is 3.35. The van der Waals surface area contributed by atoms with Crippen LogP contribution in [0.25, 0.3) is 11.1 Å². The number of anilines is 1. The van der Waals surface area contributed by atoms with E-state index in [1.54, 1.807) is 0 Å². The summed E-state index contributed by atoms with van der Waals surface area (Å²) in [4.78, 5) is 4.58. The van der Waals surface area contributed by atoms with Crippen LogP contribution in [0.15, 0.2) is 46.9 Å². The zero-order chi connectivity index (χ0) is 13.5. The largest absolute Gasteiger partial charge is 0.477 e. The van der Waals surface area contributed by atoms with Crippen LogP contribution >= 0.6 is 0 Å². The number of benzene rings is 2. The third-order valence-corrected chi connectivity index (χ3v) is 3.55. The van der Waals surface area contributed by atoms with E-state index in [0.717, 1.165) is 28.1 Å². The molecule has 4 rings (SSSR count). The van der Waals surface area contributed by atoms with Gasteiger partial charge in [0.05, 0.1) is 12.2 Å². The standard InChI is InChI=1S/C16H14N2O2/c1-10-5-4-8-13-15(10)18-16(20-13)14-9-17-11-6-2-3-7-12(11)19-14/h2-8,14,17H,9H2,1H3. The molecule has 1 atom stereocenters. The molecule has 0 fully saturated rings. The highest BCUT2D eigenvalue weighted by atomic mass is 16.5. The zero-order valence-electron chi connectivity index (χ0n) is 11.1. The number of aromatic nitrogens is 1. The van der Waals surface area contributed by atoms with Crippen LogP contribution in [0.3, 0.4) is 0 Å². The average molecular weight is 266 g/mol. The summed E-state index contributed by atoms with van der Waals surface area (Å²) in [6.07, 6.45) is -0.198. The monoisotopic (exact) mass is 266 g/mol. The van der Waals surface area contributed by atoms with Crippen molar-refractivity contribution in [2.45, 2.75) is 13.0 Å². The molecule has 1 aliphatic rings. The number of fused-ring (bicyclic) bond motifs is 2. The quantitative estimate of drug-likeness (QED) is 0.729. The second-order valence-corrected chi connectivity index (χ2v) is 4.96. The predicted octanol–water partition coefficient (Wildman–Crippen LogP) is 3.68. The van der Waals surface area contributed by atoms with Gasteiger partial charge in [0.2, 0.25) is 5.89 Å². The number of ether oxygens (including phenoxy) is 1. The van der Waals surface area contributed by atoms with Crippen LogP contribution in [0.5, 0.6) is 5.75 Å². The van der Waals surface area contributed by atoms with E-state index in [1.807, 2.05) is 49.4 Å². The summed E-state index contributed by atoms with van der Waals surface area (Å²) in [5.74, 6) is 1.46. The van der Waals surface area contributed by atoms with E-state index < -0.39 is 0 Å². The van der Waals surface area contributed by atoms with Gasteiger partial charge in [0.1, 0.15) is 11.3 Å². The second kappa shape index (κ2) is 4.27. The number of nitrogens with one attached hydrogen (secondary N) is 1. The number of aryl methyl sites for hydroxylation is 1. The number of para-hydroxylation sites is 3. The minimum atomic E-state index is -0.198.